The molecule has 116 valence electrons. The van der Waals surface area contributed by atoms with Crippen LogP contribution in [0.5, 0.6) is 0 Å². The molecule has 0 saturated heterocycles. The summed E-state index contributed by atoms with van der Waals surface area (Å²) in [6.45, 7) is 5.68. The maximum absolute atomic E-state index is 11.5. The molecule has 0 radical (unpaired) electrons. The lowest BCUT2D eigenvalue weighted by atomic mass is 9.97. The van der Waals surface area contributed by atoms with Crippen molar-refractivity contribution in [3.05, 3.63) is 17.1 Å². The third kappa shape index (κ3) is 3.74. The van der Waals surface area contributed by atoms with E-state index in [2.05, 4.69) is 9.97 Å². The van der Waals surface area contributed by atoms with Crippen molar-refractivity contribution < 1.29 is 15.0 Å². The number of nitrogens with zero attached hydrogens (tertiary/aromatic N) is 2. The molecule has 1 aromatic rings. The average Bonchev–Trinajstić information content (AvgIpc) is 2.40. The number of aliphatic hydroxyl groups is 1. The molecule has 1 aliphatic carbocycles. The van der Waals surface area contributed by atoms with E-state index in [1.165, 1.54) is 11.8 Å². The van der Waals surface area contributed by atoms with Gasteiger partial charge in [-0.3, -0.25) is 0 Å². The quantitative estimate of drug-likeness (QED) is 0.832. The highest BCUT2D eigenvalue weighted by molar-refractivity contribution is 8.00. The fourth-order valence-electron chi connectivity index (χ4n) is 2.52. The van der Waals surface area contributed by atoms with Crippen molar-refractivity contribution in [3.8, 4) is 0 Å². The van der Waals surface area contributed by atoms with Crippen molar-refractivity contribution in [3.63, 3.8) is 0 Å². The lowest BCUT2D eigenvalue weighted by molar-refractivity contribution is 0.0690. The monoisotopic (exact) mass is 310 g/mol. The van der Waals surface area contributed by atoms with Crippen LogP contribution in [0.2, 0.25) is 0 Å². The molecule has 0 aliphatic heterocycles. The van der Waals surface area contributed by atoms with E-state index in [9.17, 15) is 15.0 Å². The molecule has 0 aromatic carbocycles. The number of carboxylic acid groups (broad SMARTS) is 1. The van der Waals surface area contributed by atoms with Gasteiger partial charge in [0, 0.05) is 11.2 Å². The fourth-order valence-corrected chi connectivity index (χ4v) is 3.88. The molecule has 0 amide bonds. The van der Waals surface area contributed by atoms with Crippen LogP contribution in [-0.4, -0.2) is 37.5 Å². The lowest BCUT2D eigenvalue weighted by Gasteiger charge is -2.27. The molecule has 2 rings (SSSR count). The smallest absolute Gasteiger partial charge is 0.340 e. The van der Waals surface area contributed by atoms with Gasteiger partial charge in [-0.1, -0.05) is 38.5 Å². The molecule has 1 heterocycles. The highest BCUT2D eigenvalue weighted by Crippen LogP contribution is 2.35. The Morgan fingerprint density at radius 2 is 1.95 bits per heavy atom. The van der Waals surface area contributed by atoms with E-state index in [4.69, 9.17) is 0 Å². The van der Waals surface area contributed by atoms with E-state index in [-0.39, 0.29) is 22.8 Å². The Morgan fingerprint density at radius 1 is 1.29 bits per heavy atom. The second-order valence-corrected chi connectivity index (χ2v) is 7.04. The van der Waals surface area contributed by atoms with Crippen molar-refractivity contribution in [2.24, 2.45) is 0 Å². The van der Waals surface area contributed by atoms with E-state index < -0.39 is 5.97 Å². The predicted molar refractivity (Wildman–Crippen MR) is 81.9 cm³/mol. The van der Waals surface area contributed by atoms with E-state index in [0.717, 1.165) is 25.7 Å². The zero-order chi connectivity index (χ0) is 15.6. The molecular weight excluding hydrogens is 288 g/mol. The van der Waals surface area contributed by atoms with Crippen LogP contribution >= 0.6 is 11.8 Å². The molecule has 0 spiro atoms. The lowest BCUT2D eigenvalue weighted by Crippen LogP contribution is -2.27. The van der Waals surface area contributed by atoms with Gasteiger partial charge in [0.25, 0.3) is 0 Å². The maximum Gasteiger partial charge on any atom is 0.340 e. The third-order valence-corrected chi connectivity index (χ3v) is 5.11. The van der Waals surface area contributed by atoms with Gasteiger partial charge in [0.1, 0.15) is 16.4 Å². The van der Waals surface area contributed by atoms with Crippen LogP contribution in [-0.2, 0) is 0 Å². The van der Waals surface area contributed by atoms with Crippen molar-refractivity contribution in [2.45, 2.75) is 68.8 Å². The van der Waals surface area contributed by atoms with E-state index in [1.807, 2.05) is 13.8 Å². The Labute approximate surface area is 129 Å². The molecule has 2 unspecified atom stereocenters. The SMILES string of the molecule is Cc1nc(C(C)C)nc(SC2CCCCC2O)c1C(=O)O. The first-order chi connectivity index (χ1) is 9.90. The van der Waals surface area contributed by atoms with Crippen molar-refractivity contribution >= 4 is 17.7 Å². The summed E-state index contributed by atoms with van der Waals surface area (Å²) in [6.07, 6.45) is 3.39. The summed E-state index contributed by atoms with van der Waals surface area (Å²) in [6, 6.07) is 0. The van der Waals surface area contributed by atoms with E-state index in [0.29, 0.717) is 16.5 Å². The Kier molecular flexibility index (Phi) is 5.22. The molecule has 0 bridgehead atoms. The molecule has 6 heteroatoms. The summed E-state index contributed by atoms with van der Waals surface area (Å²) in [5.41, 5.74) is 0.663. The number of carbonyl (C=O) groups is 1. The second kappa shape index (κ2) is 6.75. The number of hydrogen-bond donors (Lipinski definition) is 2. The molecule has 1 fully saturated rings. The minimum atomic E-state index is -1.00. The van der Waals surface area contributed by atoms with Gasteiger partial charge < -0.3 is 10.2 Å². The summed E-state index contributed by atoms with van der Waals surface area (Å²) in [5, 5.41) is 20.0. The Bertz CT molecular complexity index is 534. The Morgan fingerprint density at radius 3 is 2.52 bits per heavy atom. The standard InChI is InChI=1S/C15H22N2O3S/c1-8(2)13-16-9(3)12(15(19)20)14(17-13)21-11-7-5-4-6-10(11)18/h8,10-11,18H,4-7H2,1-3H3,(H,19,20). The number of thioether (sulfide) groups is 1. The first-order valence-electron chi connectivity index (χ1n) is 7.36. The normalized spacial score (nSPS) is 22.5. The molecule has 21 heavy (non-hydrogen) atoms. The van der Waals surface area contributed by atoms with Gasteiger partial charge in [0.15, 0.2) is 0 Å². The third-order valence-electron chi connectivity index (χ3n) is 3.73. The summed E-state index contributed by atoms with van der Waals surface area (Å²) < 4.78 is 0. The zero-order valence-electron chi connectivity index (χ0n) is 12.7. The predicted octanol–water partition coefficient (Wildman–Crippen LogP) is 3.00. The number of aromatic nitrogens is 2. The van der Waals surface area contributed by atoms with Crippen molar-refractivity contribution in [1.29, 1.82) is 0 Å². The first kappa shape index (κ1) is 16.2. The summed E-state index contributed by atoms with van der Waals surface area (Å²) in [7, 11) is 0. The van der Waals surface area contributed by atoms with Gasteiger partial charge in [-0.2, -0.15) is 0 Å². The minimum absolute atomic E-state index is 0.0196. The number of rotatable bonds is 4. The van der Waals surface area contributed by atoms with Gasteiger partial charge in [-0.05, 0) is 19.8 Å². The Balaban J connectivity index is 2.37. The highest BCUT2D eigenvalue weighted by atomic mass is 32.2. The maximum atomic E-state index is 11.5. The van der Waals surface area contributed by atoms with Crippen LogP contribution < -0.4 is 0 Å². The molecule has 1 saturated carbocycles. The number of aromatic carboxylic acids is 1. The van der Waals surface area contributed by atoms with E-state index in [1.54, 1.807) is 6.92 Å². The van der Waals surface area contributed by atoms with Crippen LogP contribution in [0.1, 0.15) is 67.3 Å². The number of carboxylic acids is 1. The van der Waals surface area contributed by atoms with Crippen LogP contribution in [0, 0.1) is 6.92 Å². The van der Waals surface area contributed by atoms with E-state index >= 15 is 0 Å². The summed E-state index contributed by atoms with van der Waals surface area (Å²) in [4.78, 5) is 20.2. The van der Waals surface area contributed by atoms with Gasteiger partial charge >= 0.3 is 5.97 Å². The van der Waals surface area contributed by atoms with Crippen molar-refractivity contribution in [2.75, 3.05) is 0 Å². The van der Waals surface area contributed by atoms with Gasteiger partial charge in [-0.25, -0.2) is 14.8 Å². The topological polar surface area (TPSA) is 83.3 Å². The van der Waals surface area contributed by atoms with Gasteiger partial charge in [0.05, 0.1) is 11.8 Å². The number of aryl methyl sites for hydroxylation is 1. The second-order valence-electron chi connectivity index (χ2n) is 5.82. The van der Waals surface area contributed by atoms with Crippen LogP contribution in [0.3, 0.4) is 0 Å². The number of aliphatic hydroxyl groups excluding tert-OH is 1. The largest absolute Gasteiger partial charge is 0.478 e. The minimum Gasteiger partial charge on any atom is -0.478 e. The zero-order valence-corrected chi connectivity index (χ0v) is 13.5. The molecule has 5 nitrogen and oxygen atoms in total. The molecule has 1 aliphatic rings. The summed E-state index contributed by atoms with van der Waals surface area (Å²) in [5.74, 6) is -0.205. The van der Waals surface area contributed by atoms with Gasteiger partial charge in [-0.15, -0.1) is 0 Å². The number of hydrogen-bond acceptors (Lipinski definition) is 5. The molecular formula is C15H22N2O3S. The van der Waals surface area contributed by atoms with Crippen LogP contribution in [0.25, 0.3) is 0 Å². The first-order valence-corrected chi connectivity index (χ1v) is 8.24. The molecule has 2 N–H and O–H groups in total. The van der Waals surface area contributed by atoms with Crippen LogP contribution in [0.4, 0.5) is 0 Å². The van der Waals surface area contributed by atoms with Gasteiger partial charge in [0.2, 0.25) is 0 Å². The van der Waals surface area contributed by atoms with Crippen molar-refractivity contribution in [1.82, 2.24) is 9.97 Å². The average molecular weight is 310 g/mol. The summed E-state index contributed by atoms with van der Waals surface area (Å²) >= 11 is 1.39. The molecule has 2 atom stereocenters. The van der Waals surface area contributed by atoms with Crippen LogP contribution in [0.15, 0.2) is 5.03 Å². The molecule has 1 aromatic heterocycles. The highest BCUT2D eigenvalue weighted by Gasteiger charge is 2.28. The Hall–Kier alpha value is -1.14. The fraction of sp³-hybridized carbons (Fsp3) is 0.667.